The van der Waals surface area contributed by atoms with Gasteiger partial charge in [-0.15, -0.1) is 0 Å². The summed E-state index contributed by atoms with van der Waals surface area (Å²) in [6, 6.07) is 12.9. The van der Waals surface area contributed by atoms with E-state index in [-0.39, 0.29) is 0 Å². The molecular formula is C18H23NO. The van der Waals surface area contributed by atoms with Crippen LogP contribution in [0.15, 0.2) is 40.8 Å². The monoisotopic (exact) mass is 269 g/mol. The lowest BCUT2D eigenvalue weighted by atomic mass is 9.78. The Bertz CT molecular complexity index is 554. The molecule has 0 saturated heterocycles. The van der Waals surface area contributed by atoms with Gasteiger partial charge in [-0.25, -0.2) is 0 Å². The maximum Gasteiger partial charge on any atom is 0.134 e. The summed E-state index contributed by atoms with van der Waals surface area (Å²) >= 11 is 0. The van der Waals surface area contributed by atoms with Gasteiger partial charge in [0.25, 0.3) is 0 Å². The van der Waals surface area contributed by atoms with Crippen LogP contribution in [0.3, 0.4) is 0 Å². The Morgan fingerprint density at radius 1 is 1.15 bits per heavy atom. The standard InChI is InChI=1S/C18H23NO/c1-2-12-19-13-15-10-11-18(20-15)17-9-4-3-8-16(17)14-6-5-7-14/h3-4,8-11,14,19H,2,5-7,12-13H2,1H3. The highest BCUT2D eigenvalue weighted by atomic mass is 16.3. The Balaban J connectivity index is 1.78. The van der Waals surface area contributed by atoms with Crippen LogP contribution in [0.1, 0.15) is 49.8 Å². The minimum Gasteiger partial charge on any atom is -0.460 e. The van der Waals surface area contributed by atoms with E-state index in [1.807, 2.05) is 0 Å². The average molecular weight is 269 g/mol. The third-order valence-electron chi connectivity index (χ3n) is 4.16. The Morgan fingerprint density at radius 2 is 2.00 bits per heavy atom. The molecule has 0 amide bonds. The van der Waals surface area contributed by atoms with Crippen LogP contribution >= 0.6 is 0 Å². The highest BCUT2D eigenvalue weighted by molar-refractivity contribution is 5.63. The number of hydrogen-bond donors (Lipinski definition) is 1. The number of furan rings is 1. The Hall–Kier alpha value is -1.54. The molecular weight excluding hydrogens is 246 g/mol. The lowest BCUT2D eigenvalue weighted by Gasteiger charge is -2.27. The molecule has 1 aliphatic carbocycles. The first-order chi connectivity index (χ1) is 9.88. The molecule has 0 bridgehead atoms. The van der Waals surface area contributed by atoms with Crippen molar-refractivity contribution in [3.05, 3.63) is 47.7 Å². The Morgan fingerprint density at radius 3 is 2.75 bits per heavy atom. The predicted molar refractivity (Wildman–Crippen MR) is 82.7 cm³/mol. The molecule has 0 atom stereocenters. The minimum atomic E-state index is 0.734. The summed E-state index contributed by atoms with van der Waals surface area (Å²) in [7, 11) is 0. The molecule has 1 aliphatic rings. The van der Waals surface area contributed by atoms with E-state index < -0.39 is 0 Å². The maximum atomic E-state index is 6.01. The fourth-order valence-electron chi connectivity index (χ4n) is 2.80. The number of hydrogen-bond acceptors (Lipinski definition) is 2. The summed E-state index contributed by atoms with van der Waals surface area (Å²) in [5.41, 5.74) is 2.74. The van der Waals surface area contributed by atoms with E-state index in [4.69, 9.17) is 4.42 Å². The molecule has 0 unspecified atom stereocenters. The van der Waals surface area contributed by atoms with Gasteiger partial charge in [0.15, 0.2) is 0 Å². The highest BCUT2D eigenvalue weighted by Crippen LogP contribution is 2.41. The van der Waals surface area contributed by atoms with Crippen LogP contribution in [-0.2, 0) is 6.54 Å². The molecule has 2 heteroatoms. The van der Waals surface area contributed by atoms with Crippen LogP contribution in [-0.4, -0.2) is 6.54 Å². The zero-order valence-corrected chi connectivity index (χ0v) is 12.2. The molecule has 1 aromatic heterocycles. The van der Waals surface area contributed by atoms with Gasteiger partial charge in [-0.05, 0) is 49.4 Å². The highest BCUT2D eigenvalue weighted by Gasteiger charge is 2.23. The van der Waals surface area contributed by atoms with E-state index in [0.717, 1.165) is 36.9 Å². The van der Waals surface area contributed by atoms with E-state index >= 15 is 0 Å². The smallest absolute Gasteiger partial charge is 0.134 e. The first kappa shape index (κ1) is 13.4. The summed E-state index contributed by atoms with van der Waals surface area (Å²) in [6.45, 7) is 4.03. The Kier molecular flexibility index (Phi) is 4.22. The van der Waals surface area contributed by atoms with Crippen LogP contribution in [0.4, 0.5) is 0 Å². The average Bonchev–Trinajstić information content (AvgIpc) is 2.86. The van der Waals surface area contributed by atoms with Gasteiger partial charge in [0.2, 0.25) is 0 Å². The summed E-state index contributed by atoms with van der Waals surface area (Å²) in [5.74, 6) is 2.77. The lowest BCUT2D eigenvalue weighted by molar-refractivity contribution is 0.419. The van der Waals surface area contributed by atoms with Crippen molar-refractivity contribution in [1.29, 1.82) is 0 Å². The molecule has 0 spiro atoms. The van der Waals surface area contributed by atoms with Crippen molar-refractivity contribution in [3.63, 3.8) is 0 Å². The van der Waals surface area contributed by atoms with Crippen LogP contribution in [0, 0.1) is 0 Å². The zero-order valence-electron chi connectivity index (χ0n) is 12.2. The molecule has 106 valence electrons. The molecule has 2 nitrogen and oxygen atoms in total. The van der Waals surface area contributed by atoms with Gasteiger partial charge < -0.3 is 9.73 Å². The molecule has 1 N–H and O–H groups in total. The molecule has 1 fully saturated rings. The Labute approximate surface area is 121 Å². The van der Waals surface area contributed by atoms with Gasteiger partial charge >= 0.3 is 0 Å². The fraction of sp³-hybridized carbons (Fsp3) is 0.444. The normalized spacial score (nSPS) is 15.2. The third-order valence-corrected chi connectivity index (χ3v) is 4.16. The van der Waals surface area contributed by atoms with Crippen LogP contribution in [0.5, 0.6) is 0 Å². The number of benzene rings is 1. The second-order valence-electron chi connectivity index (χ2n) is 5.66. The molecule has 1 heterocycles. The van der Waals surface area contributed by atoms with E-state index in [1.165, 1.54) is 30.4 Å². The fourth-order valence-corrected chi connectivity index (χ4v) is 2.80. The van der Waals surface area contributed by atoms with E-state index in [1.54, 1.807) is 0 Å². The molecule has 0 aliphatic heterocycles. The predicted octanol–water partition coefficient (Wildman–Crippen LogP) is 4.71. The zero-order chi connectivity index (χ0) is 13.8. The van der Waals surface area contributed by atoms with Gasteiger partial charge in [-0.2, -0.15) is 0 Å². The van der Waals surface area contributed by atoms with Gasteiger partial charge in [0.05, 0.1) is 6.54 Å². The van der Waals surface area contributed by atoms with Crippen molar-refractivity contribution >= 4 is 0 Å². The summed E-state index contributed by atoms with van der Waals surface area (Å²) < 4.78 is 6.01. The van der Waals surface area contributed by atoms with Crippen molar-refractivity contribution in [2.24, 2.45) is 0 Å². The summed E-state index contributed by atoms with van der Waals surface area (Å²) in [5, 5.41) is 3.38. The van der Waals surface area contributed by atoms with Crippen LogP contribution in [0.2, 0.25) is 0 Å². The molecule has 0 radical (unpaired) electrons. The van der Waals surface area contributed by atoms with Crippen LogP contribution in [0.25, 0.3) is 11.3 Å². The molecule has 1 aromatic carbocycles. The van der Waals surface area contributed by atoms with E-state index in [2.05, 4.69) is 48.6 Å². The van der Waals surface area contributed by atoms with Gasteiger partial charge in [0.1, 0.15) is 11.5 Å². The summed E-state index contributed by atoms with van der Waals surface area (Å²) in [4.78, 5) is 0. The molecule has 1 saturated carbocycles. The second-order valence-corrected chi connectivity index (χ2v) is 5.66. The second kappa shape index (κ2) is 6.27. The van der Waals surface area contributed by atoms with Gasteiger partial charge in [0, 0.05) is 5.56 Å². The number of nitrogens with one attached hydrogen (secondary N) is 1. The molecule has 2 aromatic rings. The first-order valence-electron chi connectivity index (χ1n) is 7.77. The summed E-state index contributed by atoms with van der Waals surface area (Å²) in [6.07, 6.45) is 5.16. The lowest BCUT2D eigenvalue weighted by Crippen LogP contribution is -2.13. The van der Waals surface area contributed by atoms with Crippen molar-refractivity contribution in [3.8, 4) is 11.3 Å². The molecule has 20 heavy (non-hydrogen) atoms. The quantitative estimate of drug-likeness (QED) is 0.768. The maximum absolute atomic E-state index is 6.01. The molecule has 3 rings (SSSR count). The van der Waals surface area contributed by atoms with Gasteiger partial charge in [-0.3, -0.25) is 0 Å². The van der Waals surface area contributed by atoms with Gasteiger partial charge in [-0.1, -0.05) is 37.6 Å². The van der Waals surface area contributed by atoms with Crippen LogP contribution < -0.4 is 5.32 Å². The largest absolute Gasteiger partial charge is 0.460 e. The van der Waals surface area contributed by atoms with Crippen molar-refractivity contribution < 1.29 is 4.42 Å². The first-order valence-corrected chi connectivity index (χ1v) is 7.77. The van der Waals surface area contributed by atoms with E-state index in [9.17, 15) is 0 Å². The SMILES string of the molecule is CCCNCc1ccc(-c2ccccc2C2CCC2)o1. The van der Waals surface area contributed by atoms with Crippen molar-refractivity contribution in [2.45, 2.75) is 45.1 Å². The topological polar surface area (TPSA) is 25.2 Å². The number of rotatable bonds is 6. The van der Waals surface area contributed by atoms with Crippen molar-refractivity contribution in [2.75, 3.05) is 6.54 Å². The van der Waals surface area contributed by atoms with Crippen molar-refractivity contribution in [1.82, 2.24) is 5.32 Å². The minimum absolute atomic E-state index is 0.734. The third kappa shape index (κ3) is 2.80. The van der Waals surface area contributed by atoms with E-state index in [0.29, 0.717) is 0 Å².